The molecular formula is C13H23BrN2O. The van der Waals surface area contributed by atoms with Crippen molar-refractivity contribution >= 4 is 21.8 Å². The van der Waals surface area contributed by atoms with Crippen LogP contribution in [0.2, 0.25) is 0 Å². The van der Waals surface area contributed by atoms with Gasteiger partial charge in [0.15, 0.2) is 0 Å². The minimum Gasteiger partial charge on any atom is -0.341 e. The van der Waals surface area contributed by atoms with Crippen LogP contribution in [-0.2, 0) is 4.79 Å². The minimum atomic E-state index is -0.343. The maximum absolute atomic E-state index is 11.9. The smallest absolute Gasteiger partial charge is 0.239 e. The van der Waals surface area contributed by atoms with Gasteiger partial charge in [0.2, 0.25) is 5.91 Å². The molecule has 2 fully saturated rings. The molecule has 1 aliphatic carbocycles. The molecule has 1 heterocycles. The van der Waals surface area contributed by atoms with E-state index in [-0.39, 0.29) is 11.9 Å². The van der Waals surface area contributed by atoms with Crippen LogP contribution in [0.15, 0.2) is 0 Å². The van der Waals surface area contributed by atoms with Crippen LogP contribution in [0.4, 0.5) is 0 Å². The molecule has 2 rings (SSSR count). The minimum absolute atomic E-state index is 0.129. The molecule has 1 aliphatic heterocycles. The fourth-order valence-corrected chi connectivity index (χ4v) is 3.91. The second kappa shape index (κ2) is 5.27. The average Bonchev–Trinajstić information content (AvgIpc) is 2.73. The Morgan fingerprint density at radius 1 is 1.47 bits per heavy atom. The lowest BCUT2D eigenvalue weighted by atomic mass is 9.70. The summed E-state index contributed by atoms with van der Waals surface area (Å²) in [7, 11) is 0. The van der Waals surface area contributed by atoms with E-state index < -0.39 is 0 Å². The number of hydrogen-bond donors (Lipinski definition) is 1. The SMILES string of the molecule is C[C@@H](N)C(=O)N1CCC2(CCC(CBr)CC2)C1. The number of likely N-dealkylation sites (tertiary alicyclic amines) is 1. The molecule has 0 aromatic rings. The summed E-state index contributed by atoms with van der Waals surface area (Å²) in [5, 5.41) is 1.13. The van der Waals surface area contributed by atoms with Crippen molar-refractivity contribution in [2.45, 2.75) is 45.1 Å². The number of rotatable bonds is 2. The van der Waals surface area contributed by atoms with Crippen LogP contribution in [-0.4, -0.2) is 35.3 Å². The van der Waals surface area contributed by atoms with E-state index in [1.54, 1.807) is 6.92 Å². The van der Waals surface area contributed by atoms with Crippen LogP contribution in [0.5, 0.6) is 0 Å². The standard InChI is InChI=1S/C13H23BrN2O/c1-10(15)12(17)16-7-6-13(9-16)4-2-11(8-14)3-5-13/h10-11H,2-9,15H2,1H3/t10-,11?,13?/m1/s1. The Bertz CT molecular complexity index is 285. The van der Waals surface area contributed by atoms with Crippen LogP contribution in [0.25, 0.3) is 0 Å². The van der Waals surface area contributed by atoms with Crippen LogP contribution >= 0.6 is 15.9 Å². The van der Waals surface area contributed by atoms with Crippen molar-refractivity contribution in [3.05, 3.63) is 0 Å². The van der Waals surface area contributed by atoms with Crippen molar-refractivity contribution in [1.82, 2.24) is 4.90 Å². The van der Waals surface area contributed by atoms with E-state index in [4.69, 9.17) is 5.73 Å². The van der Waals surface area contributed by atoms with E-state index in [2.05, 4.69) is 15.9 Å². The molecule has 0 bridgehead atoms. The first kappa shape index (κ1) is 13.3. The van der Waals surface area contributed by atoms with Gasteiger partial charge in [-0.05, 0) is 50.4 Å². The van der Waals surface area contributed by atoms with Crippen LogP contribution in [0.1, 0.15) is 39.0 Å². The van der Waals surface area contributed by atoms with Crippen molar-refractivity contribution in [1.29, 1.82) is 0 Å². The Labute approximate surface area is 112 Å². The predicted octanol–water partition coefficient (Wildman–Crippen LogP) is 2.14. The molecule has 1 atom stereocenters. The zero-order valence-electron chi connectivity index (χ0n) is 10.6. The molecule has 0 unspecified atom stereocenters. The fraction of sp³-hybridized carbons (Fsp3) is 0.923. The summed E-state index contributed by atoms with van der Waals surface area (Å²) >= 11 is 3.58. The third kappa shape index (κ3) is 2.84. The Hall–Kier alpha value is -0.0900. The number of alkyl halides is 1. The summed E-state index contributed by atoms with van der Waals surface area (Å²) in [5.41, 5.74) is 6.10. The molecule has 1 amide bonds. The van der Waals surface area contributed by atoms with Gasteiger partial charge in [0.25, 0.3) is 0 Å². The number of nitrogens with zero attached hydrogens (tertiary/aromatic N) is 1. The third-order valence-electron chi connectivity index (χ3n) is 4.52. The lowest BCUT2D eigenvalue weighted by Gasteiger charge is -2.36. The quantitative estimate of drug-likeness (QED) is 0.795. The first-order valence-corrected chi connectivity index (χ1v) is 7.79. The molecule has 2 aliphatic rings. The number of amides is 1. The summed E-state index contributed by atoms with van der Waals surface area (Å²) in [6, 6.07) is -0.343. The number of carbonyl (C=O) groups is 1. The largest absolute Gasteiger partial charge is 0.341 e. The lowest BCUT2D eigenvalue weighted by Crippen LogP contribution is -2.42. The maximum atomic E-state index is 11.9. The topological polar surface area (TPSA) is 46.3 Å². The summed E-state index contributed by atoms with van der Waals surface area (Å²) in [6.07, 6.45) is 6.37. The maximum Gasteiger partial charge on any atom is 0.239 e. The van der Waals surface area contributed by atoms with Crippen molar-refractivity contribution in [3.63, 3.8) is 0 Å². The van der Waals surface area contributed by atoms with Gasteiger partial charge in [-0.3, -0.25) is 4.79 Å². The van der Waals surface area contributed by atoms with Crippen LogP contribution in [0.3, 0.4) is 0 Å². The van der Waals surface area contributed by atoms with Crippen molar-refractivity contribution < 1.29 is 4.79 Å². The Morgan fingerprint density at radius 2 is 2.12 bits per heavy atom. The Kier molecular flexibility index (Phi) is 4.14. The highest BCUT2D eigenvalue weighted by Crippen LogP contribution is 2.45. The van der Waals surface area contributed by atoms with Crippen molar-refractivity contribution in [2.75, 3.05) is 18.4 Å². The lowest BCUT2D eigenvalue weighted by molar-refractivity contribution is -0.131. The molecule has 4 heteroatoms. The van der Waals surface area contributed by atoms with E-state index >= 15 is 0 Å². The summed E-state index contributed by atoms with van der Waals surface area (Å²) < 4.78 is 0. The number of halogens is 1. The van der Waals surface area contributed by atoms with Gasteiger partial charge in [-0.1, -0.05) is 15.9 Å². The van der Waals surface area contributed by atoms with E-state index in [1.165, 1.54) is 32.1 Å². The molecule has 0 aromatic heterocycles. The molecular weight excluding hydrogens is 280 g/mol. The molecule has 0 radical (unpaired) electrons. The van der Waals surface area contributed by atoms with Crippen molar-refractivity contribution in [2.24, 2.45) is 17.1 Å². The van der Waals surface area contributed by atoms with Crippen LogP contribution in [0, 0.1) is 11.3 Å². The predicted molar refractivity (Wildman–Crippen MR) is 73.0 cm³/mol. The van der Waals surface area contributed by atoms with E-state index in [1.807, 2.05) is 4.90 Å². The van der Waals surface area contributed by atoms with E-state index in [0.717, 1.165) is 24.3 Å². The highest BCUT2D eigenvalue weighted by atomic mass is 79.9. The van der Waals surface area contributed by atoms with Gasteiger partial charge in [0.05, 0.1) is 6.04 Å². The van der Waals surface area contributed by atoms with Gasteiger partial charge in [0.1, 0.15) is 0 Å². The first-order valence-electron chi connectivity index (χ1n) is 6.67. The second-order valence-electron chi connectivity index (χ2n) is 5.90. The normalized spacial score (nSPS) is 35.2. The molecule has 98 valence electrons. The molecule has 0 aromatic carbocycles. The first-order chi connectivity index (χ1) is 8.06. The van der Waals surface area contributed by atoms with Gasteiger partial charge in [-0.25, -0.2) is 0 Å². The monoisotopic (exact) mass is 302 g/mol. The molecule has 3 nitrogen and oxygen atoms in total. The van der Waals surface area contributed by atoms with Crippen LogP contribution < -0.4 is 5.73 Å². The molecule has 1 saturated heterocycles. The second-order valence-corrected chi connectivity index (χ2v) is 6.54. The number of hydrogen-bond acceptors (Lipinski definition) is 2. The average molecular weight is 303 g/mol. The third-order valence-corrected chi connectivity index (χ3v) is 5.44. The van der Waals surface area contributed by atoms with Gasteiger partial charge in [-0.2, -0.15) is 0 Å². The molecule has 17 heavy (non-hydrogen) atoms. The van der Waals surface area contributed by atoms with Gasteiger partial charge in [-0.15, -0.1) is 0 Å². The van der Waals surface area contributed by atoms with E-state index in [9.17, 15) is 4.79 Å². The summed E-state index contributed by atoms with van der Waals surface area (Å²) in [5.74, 6) is 0.975. The summed E-state index contributed by atoms with van der Waals surface area (Å²) in [4.78, 5) is 13.9. The number of nitrogens with two attached hydrogens (primary N) is 1. The Morgan fingerprint density at radius 3 is 2.65 bits per heavy atom. The highest BCUT2D eigenvalue weighted by Gasteiger charge is 2.42. The Balaban J connectivity index is 1.91. The van der Waals surface area contributed by atoms with Gasteiger partial charge >= 0.3 is 0 Å². The zero-order valence-corrected chi connectivity index (χ0v) is 12.2. The highest BCUT2D eigenvalue weighted by molar-refractivity contribution is 9.09. The fourth-order valence-electron chi connectivity index (χ4n) is 3.26. The van der Waals surface area contributed by atoms with E-state index in [0.29, 0.717) is 5.41 Å². The molecule has 1 saturated carbocycles. The number of carbonyl (C=O) groups excluding carboxylic acids is 1. The molecule has 2 N–H and O–H groups in total. The molecule has 1 spiro atoms. The van der Waals surface area contributed by atoms with Crippen molar-refractivity contribution in [3.8, 4) is 0 Å². The van der Waals surface area contributed by atoms with Gasteiger partial charge in [0, 0.05) is 18.4 Å². The van der Waals surface area contributed by atoms with Gasteiger partial charge < -0.3 is 10.6 Å². The summed E-state index contributed by atoms with van der Waals surface area (Å²) in [6.45, 7) is 3.65. The zero-order chi connectivity index (χ0) is 12.5.